The molecule has 0 atom stereocenters. The first-order valence-corrected chi connectivity index (χ1v) is 9.75. The average molecular weight is 467 g/mol. The number of carbonyl (C=O) groups is 3. The van der Waals surface area contributed by atoms with Gasteiger partial charge < -0.3 is 23.6 Å². The van der Waals surface area contributed by atoms with Gasteiger partial charge in [0, 0.05) is 12.1 Å². The Balaban J connectivity index is 1.53. The van der Waals surface area contributed by atoms with E-state index in [0.717, 1.165) is 4.90 Å². The summed E-state index contributed by atoms with van der Waals surface area (Å²) in [7, 11) is 2.58. The molecule has 0 unspecified atom stereocenters. The van der Waals surface area contributed by atoms with Gasteiger partial charge in [0.25, 0.3) is 11.6 Å². The maximum absolute atomic E-state index is 12.7. The minimum atomic E-state index is -0.678. The molecule has 0 saturated carbocycles. The van der Waals surface area contributed by atoms with Gasteiger partial charge in [0.2, 0.25) is 5.76 Å². The second-order valence-electron chi connectivity index (χ2n) is 6.98. The highest BCUT2D eigenvalue weighted by Gasteiger charge is 2.34. The number of carbonyl (C=O) groups excluding carboxylic acids is 3. The van der Waals surface area contributed by atoms with E-state index in [-0.39, 0.29) is 41.0 Å². The number of nitro groups is 1. The largest absolute Gasteiger partial charge is 0.496 e. The molecule has 3 aromatic rings. The zero-order valence-corrected chi connectivity index (χ0v) is 17.9. The number of ether oxygens (including phenoxy) is 2. The molecule has 1 aliphatic rings. The predicted molar refractivity (Wildman–Crippen MR) is 114 cm³/mol. The normalized spacial score (nSPS) is 14.4. The van der Waals surface area contributed by atoms with Gasteiger partial charge in [-0.15, -0.1) is 0 Å². The molecule has 4 rings (SSSR count). The van der Waals surface area contributed by atoms with Crippen LogP contribution < -0.4 is 10.1 Å². The summed E-state index contributed by atoms with van der Waals surface area (Å²) in [6.07, 6.45) is 1.35. The standard InChI is InChI=1S/C22H17N3O9/c1-31-19-9-12(25(29)30)3-6-15(19)17-7-4-13(33-17)10-16-20(26)24(22(28)23-16)11-14-5-8-18(34-14)21(27)32-2/h3-10H,11H2,1-2H3,(H,23,28). The van der Waals surface area contributed by atoms with E-state index in [4.69, 9.17) is 13.6 Å². The van der Waals surface area contributed by atoms with E-state index in [9.17, 15) is 24.5 Å². The van der Waals surface area contributed by atoms with Crippen molar-refractivity contribution in [2.75, 3.05) is 14.2 Å². The fourth-order valence-electron chi connectivity index (χ4n) is 3.26. The SMILES string of the molecule is COC(=O)c1ccc(CN2C(=O)NC(=Cc3ccc(-c4ccc([N+](=O)[O-])cc4OC)o3)C2=O)o1. The molecule has 2 aromatic heterocycles. The van der Waals surface area contributed by atoms with Gasteiger partial charge in [-0.1, -0.05) is 0 Å². The highest BCUT2D eigenvalue weighted by molar-refractivity contribution is 6.13. The number of rotatable bonds is 7. The van der Waals surface area contributed by atoms with E-state index >= 15 is 0 Å². The maximum Gasteiger partial charge on any atom is 0.373 e. The zero-order valence-electron chi connectivity index (χ0n) is 17.9. The van der Waals surface area contributed by atoms with Crippen molar-refractivity contribution in [3.05, 3.63) is 75.6 Å². The van der Waals surface area contributed by atoms with E-state index in [2.05, 4.69) is 10.1 Å². The van der Waals surface area contributed by atoms with Crippen molar-refractivity contribution >= 4 is 29.7 Å². The van der Waals surface area contributed by atoms with Crippen molar-refractivity contribution in [2.45, 2.75) is 6.54 Å². The highest BCUT2D eigenvalue weighted by atomic mass is 16.6. The number of esters is 1. The van der Waals surface area contributed by atoms with Crippen molar-refractivity contribution in [2.24, 2.45) is 0 Å². The highest BCUT2D eigenvalue weighted by Crippen LogP contribution is 2.34. The topological polar surface area (TPSA) is 154 Å². The van der Waals surface area contributed by atoms with Gasteiger partial charge in [-0.2, -0.15) is 0 Å². The van der Waals surface area contributed by atoms with Crippen LogP contribution in [-0.4, -0.2) is 42.0 Å². The van der Waals surface area contributed by atoms with Crippen LogP contribution in [0.5, 0.6) is 5.75 Å². The van der Waals surface area contributed by atoms with Crippen LogP contribution in [-0.2, 0) is 16.1 Å². The second-order valence-corrected chi connectivity index (χ2v) is 6.98. The number of methoxy groups -OCH3 is 2. The fourth-order valence-corrected chi connectivity index (χ4v) is 3.26. The van der Waals surface area contributed by atoms with Gasteiger partial charge in [0.15, 0.2) is 0 Å². The molecule has 0 aliphatic carbocycles. The molecule has 1 fully saturated rings. The van der Waals surface area contributed by atoms with Gasteiger partial charge in [-0.25, -0.2) is 9.59 Å². The Hall–Kier alpha value is -4.87. The summed E-state index contributed by atoms with van der Waals surface area (Å²) >= 11 is 0. The van der Waals surface area contributed by atoms with Crippen LogP contribution in [0.25, 0.3) is 17.4 Å². The minimum Gasteiger partial charge on any atom is -0.496 e. The van der Waals surface area contributed by atoms with E-state index in [1.54, 1.807) is 12.1 Å². The summed E-state index contributed by atoms with van der Waals surface area (Å²) in [6.45, 7) is -0.192. The number of hydrogen-bond acceptors (Lipinski definition) is 9. The van der Waals surface area contributed by atoms with Crippen molar-refractivity contribution < 1.29 is 37.6 Å². The minimum absolute atomic E-state index is 0.0266. The van der Waals surface area contributed by atoms with Gasteiger partial charge in [-0.05, 0) is 30.3 Å². The molecular formula is C22H17N3O9. The van der Waals surface area contributed by atoms with Crippen LogP contribution in [0.4, 0.5) is 10.5 Å². The van der Waals surface area contributed by atoms with Crippen LogP contribution >= 0.6 is 0 Å². The molecule has 12 nitrogen and oxygen atoms in total. The predicted octanol–water partition coefficient (Wildman–Crippen LogP) is 3.34. The van der Waals surface area contributed by atoms with E-state index < -0.39 is 22.8 Å². The Kier molecular flexibility index (Phi) is 5.87. The number of urea groups is 1. The zero-order chi connectivity index (χ0) is 24.4. The first-order valence-electron chi connectivity index (χ1n) is 9.75. The fraction of sp³-hybridized carbons (Fsp3) is 0.136. The molecule has 1 N–H and O–H groups in total. The smallest absolute Gasteiger partial charge is 0.373 e. The van der Waals surface area contributed by atoms with Crippen molar-refractivity contribution in [3.63, 3.8) is 0 Å². The Morgan fingerprint density at radius 2 is 1.94 bits per heavy atom. The van der Waals surface area contributed by atoms with Gasteiger partial charge in [0.05, 0.1) is 37.3 Å². The monoisotopic (exact) mass is 467 g/mol. The molecule has 3 amide bonds. The molecular weight excluding hydrogens is 450 g/mol. The molecule has 1 aliphatic heterocycles. The number of nitrogens with one attached hydrogen (secondary N) is 1. The third-order valence-electron chi connectivity index (χ3n) is 4.90. The molecule has 0 spiro atoms. The van der Waals surface area contributed by atoms with Crippen molar-refractivity contribution in [1.82, 2.24) is 10.2 Å². The average Bonchev–Trinajstić information content (AvgIpc) is 3.55. The molecule has 1 aromatic carbocycles. The number of furan rings is 2. The lowest BCUT2D eigenvalue weighted by atomic mass is 10.1. The first-order chi connectivity index (χ1) is 16.3. The lowest BCUT2D eigenvalue weighted by Gasteiger charge is -2.09. The summed E-state index contributed by atoms with van der Waals surface area (Å²) in [6, 6.07) is 9.43. The molecule has 12 heteroatoms. The van der Waals surface area contributed by atoms with Gasteiger partial charge in [0.1, 0.15) is 28.7 Å². The third-order valence-corrected chi connectivity index (χ3v) is 4.90. The lowest BCUT2D eigenvalue weighted by molar-refractivity contribution is -0.384. The molecule has 1 saturated heterocycles. The Labute approximate surface area is 191 Å². The summed E-state index contributed by atoms with van der Waals surface area (Å²) in [5.41, 5.74) is 0.311. The van der Waals surface area contributed by atoms with Crippen molar-refractivity contribution in [1.29, 1.82) is 0 Å². The van der Waals surface area contributed by atoms with Crippen LogP contribution in [0, 0.1) is 10.1 Å². The maximum atomic E-state index is 12.7. The molecule has 3 heterocycles. The summed E-state index contributed by atoms with van der Waals surface area (Å²) < 4.78 is 20.8. The molecule has 0 bridgehead atoms. The van der Waals surface area contributed by atoms with Crippen molar-refractivity contribution in [3.8, 4) is 17.1 Å². The number of nitro benzene ring substituents is 1. The summed E-state index contributed by atoms with van der Waals surface area (Å²) in [5, 5.41) is 13.4. The quantitative estimate of drug-likeness (QED) is 0.181. The number of hydrogen-bond donors (Lipinski definition) is 1. The lowest BCUT2D eigenvalue weighted by Crippen LogP contribution is -2.30. The molecule has 0 radical (unpaired) electrons. The number of non-ortho nitro benzene ring substituents is 1. The van der Waals surface area contributed by atoms with E-state index in [1.807, 2.05) is 0 Å². The Morgan fingerprint density at radius 3 is 2.65 bits per heavy atom. The van der Waals surface area contributed by atoms with Crippen LogP contribution in [0.2, 0.25) is 0 Å². The van der Waals surface area contributed by atoms with Crippen LogP contribution in [0.1, 0.15) is 22.1 Å². The Bertz CT molecular complexity index is 1330. The summed E-state index contributed by atoms with van der Waals surface area (Å²) in [5.74, 6) is -0.288. The van der Waals surface area contributed by atoms with Crippen LogP contribution in [0.15, 0.2) is 57.0 Å². The van der Waals surface area contributed by atoms with E-state index in [0.29, 0.717) is 11.3 Å². The molecule has 174 valence electrons. The first kappa shape index (κ1) is 22.3. The second kappa shape index (κ2) is 8.94. The van der Waals surface area contributed by atoms with E-state index in [1.165, 1.54) is 50.6 Å². The number of nitrogens with zero attached hydrogens (tertiary/aromatic N) is 2. The molecule has 34 heavy (non-hydrogen) atoms. The number of benzene rings is 1. The third kappa shape index (κ3) is 4.24. The van der Waals surface area contributed by atoms with Gasteiger partial charge >= 0.3 is 12.0 Å². The number of amides is 3. The Morgan fingerprint density at radius 1 is 1.15 bits per heavy atom. The number of imide groups is 1. The summed E-state index contributed by atoms with van der Waals surface area (Å²) in [4.78, 5) is 47.9. The van der Waals surface area contributed by atoms with Gasteiger partial charge in [-0.3, -0.25) is 19.8 Å². The van der Waals surface area contributed by atoms with Crippen LogP contribution in [0.3, 0.4) is 0 Å².